The van der Waals surface area contributed by atoms with Crippen LogP contribution in [-0.2, 0) is 0 Å². The predicted octanol–water partition coefficient (Wildman–Crippen LogP) is 4.79. The van der Waals surface area contributed by atoms with Gasteiger partial charge in [0.2, 0.25) is 0 Å². The van der Waals surface area contributed by atoms with Gasteiger partial charge in [-0.05, 0) is 28.6 Å². The molecule has 124 valence electrons. The second kappa shape index (κ2) is 6.95. The van der Waals surface area contributed by atoms with Crippen molar-refractivity contribution in [2.75, 3.05) is 6.54 Å². The van der Waals surface area contributed by atoms with Crippen molar-refractivity contribution in [3.8, 4) is 0 Å². The highest BCUT2D eigenvalue weighted by Crippen LogP contribution is 2.30. The van der Waals surface area contributed by atoms with E-state index < -0.39 is 0 Å². The van der Waals surface area contributed by atoms with Crippen LogP contribution < -0.4 is 5.32 Å². The molecule has 2 aromatic carbocycles. The molecule has 0 radical (unpaired) electrons. The lowest BCUT2D eigenvalue weighted by atomic mass is 9.91. The fourth-order valence-corrected chi connectivity index (χ4v) is 3.80. The largest absolute Gasteiger partial charge is 0.361 e. The number of hydrogen-bond acceptors (Lipinski definition) is 2. The lowest BCUT2D eigenvalue weighted by Gasteiger charge is -2.18. The lowest BCUT2D eigenvalue weighted by Crippen LogP contribution is -2.28. The summed E-state index contributed by atoms with van der Waals surface area (Å²) in [6, 6.07) is 20.4. The molecule has 0 spiro atoms. The molecule has 1 atom stereocenters. The number of aromatic nitrogens is 1. The molecule has 0 aliphatic heterocycles. The van der Waals surface area contributed by atoms with Gasteiger partial charge < -0.3 is 10.3 Å². The molecule has 0 saturated carbocycles. The number of amides is 1. The molecule has 4 heteroatoms. The van der Waals surface area contributed by atoms with Crippen molar-refractivity contribution in [3.63, 3.8) is 0 Å². The summed E-state index contributed by atoms with van der Waals surface area (Å²) in [4.78, 5) is 15.7. The average Bonchev–Trinajstić information content (AvgIpc) is 3.33. The zero-order chi connectivity index (χ0) is 17.1. The Kier molecular flexibility index (Phi) is 4.36. The maximum Gasteiger partial charge on any atom is 0.252 e. The summed E-state index contributed by atoms with van der Waals surface area (Å²) in [6.45, 7) is 0.556. The van der Waals surface area contributed by atoms with Crippen LogP contribution in [0.2, 0.25) is 0 Å². The summed E-state index contributed by atoms with van der Waals surface area (Å²) in [6.07, 6.45) is 2.05. The van der Waals surface area contributed by atoms with E-state index in [0.29, 0.717) is 6.54 Å². The third kappa shape index (κ3) is 3.21. The van der Waals surface area contributed by atoms with Crippen LogP contribution in [0, 0.1) is 0 Å². The van der Waals surface area contributed by atoms with E-state index in [-0.39, 0.29) is 11.8 Å². The Hall–Kier alpha value is -2.85. The quantitative estimate of drug-likeness (QED) is 0.536. The number of carbonyl (C=O) groups excluding carboxylic acids is 1. The fourth-order valence-electron chi connectivity index (χ4n) is 3.17. The Balaban J connectivity index is 1.66. The molecule has 2 N–H and O–H groups in total. The van der Waals surface area contributed by atoms with Crippen LogP contribution in [0.25, 0.3) is 10.9 Å². The summed E-state index contributed by atoms with van der Waals surface area (Å²) in [5.41, 5.74) is 4.23. The zero-order valence-electron chi connectivity index (χ0n) is 13.6. The van der Waals surface area contributed by atoms with Gasteiger partial charge in [0.1, 0.15) is 0 Å². The maximum atomic E-state index is 12.4. The van der Waals surface area contributed by atoms with Crippen molar-refractivity contribution in [3.05, 3.63) is 94.3 Å². The van der Waals surface area contributed by atoms with E-state index in [9.17, 15) is 4.79 Å². The molecule has 25 heavy (non-hydrogen) atoms. The molecule has 2 aromatic heterocycles. The van der Waals surface area contributed by atoms with Crippen molar-refractivity contribution in [2.24, 2.45) is 0 Å². The molecule has 0 bridgehead atoms. The standard InChI is InChI=1S/C21H18N2OS/c24-21(16-10-11-25-14-16)23-12-18(15-6-2-1-3-7-15)19-13-22-20-9-5-4-8-17(19)20/h1-11,13-14,18,22H,12H2,(H,23,24). The predicted molar refractivity (Wildman–Crippen MR) is 103 cm³/mol. The number of H-pyrrole nitrogens is 1. The van der Waals surface area contributed by atoms with Crippen LogP contribution in [0.4, 0.5) is 0 Å². The minimum absolute atomic E-state index is 0.0259. The average molecular weight is 346 g/mol. The minimum atomic E-state index is -0.0259. The van der Waals surface area contributed by atoms with Gasteiger partial charge in [-0.3, -0.25) is 4.79 Å². The number of fused-ring (bicyclic) bond motifs is 1. The Labute approximate surface area is 150 Å². The zero-order valence-corrected chi connectivity index (χ0v) is 14.4. The smallest absolute Gasteiger partial charge is 0.252 e. The van der Waals surface area contributed by atoms with Crippen LogP contribution in [-0.4, -0.2) is 17.4 Å². The molecular formula is C21H18N2OS. The Bertz CT molecular complexity index is 973. The van der Waals surface area contributed by atoms with Crippen LogP contribution in [0.1, 0.15) is 27.4 Å². The topological polar surface area (TPSA) is 44.9 Å². The van der Waals surface area contributed by atoms with Crippen LogP contribution in [0.3, 0.4) is 0 Å². The SMILES string of the molecule is O=C(NCC(c1ccccc1)c1c[nH]c2ccccc12)c1ccsc1. The van der Waals surface area contributed by atoms with Crippen molar-refractivity contribution >= 4 is 28.1 Å². The van der Waals surface area contributed by atoms with E-state index in [4.69, 9.17) is 0 Å². The third-order valence-corrected chi connectivity index (χ3v) is 5.13. The summed E-state index contributed by atoms with van der Waals surface area (Å²) < 4.78 is 0. The number of para-hydroxylation sites is 1. The molecule has 0 aliphatic carbocycles. The molecule has 1 unspecified atom stereocenters. The van der Waals surface area contributed by atoms with Gasteiger partial charge >= 0.3 is 0 Å². The summed E-state index contributed by atoms with van der Waals surface area (Å²) in [5.74, 6) is 0.0713. The Morgan fingerprint density at radius 1 is 1.04 bits per heavy atom. The number of thiophene rings is 1. The molecule has 1 amide bonds. The number of carbonyl (C=O) groups is 1. The monoisotopic (exact) mass is 346 g/mol. The van der Waals surface area contributed by atoms with Gasteiger partial charge in [-0.2, -0.15) is 11.3 Å². The van der Waals surface area contributed by atoms with E-state index in [1.165, 1.54) is 27.8 Å². The van der Waals surface area contributed by atoms with Crippen molar-refractivity contribution in [1.82, 2.24) is 10.3 Å². The van der Waals surface area contributed by atoms with Crippen LogP contribution in [0.5, 0.6) is 0 Å². The summed E-state index contributed by atoms with van der Waals surface area (Å²) in [5, 5.41) is 8.08. The van der Waals surface area contributed by atoms with E-state index in [1.807, 2.05) is 47.2 Å². The van der Waals surface area contributed by atoms with Crippen molar-refractivity contribution < 1.29 is 4.79 Å². The van der Waals surface area contributed by atoms with E-state index in [1.54, 1.807) is 0 Å². The van der Waals surface area contributed by atoms with Crippen LogP contribution >= 0.6 is 11.3 Å². The highest BCUT2D eigenvalue weighted by Gasteiger charge is 2.19. The summed E-state index contributed by atoms with van der Waals surface area (Å²) >= 11 is 1.53. The number of benzene rings is 2. The second-order valence-corrected chi connectivity index (χ2v) is 6.75. The van der Waals surface area contributed by atoms with E-state index >= 15 is 0 Å². The molecule has 0 fully saturated rings. The molecule has 0 aliphatic rings. The number of nitrogens with one attached hydrogen (secondary N) is 2. The first-order valence-electron chi connectivity index (χ1n) is 8.24. The Morgan fingerprint density at radius 2 is 1.84 bits per heavy atom. The molecule has 3 nitrogen and oxygen atoms in total. The van der Waals surface area contributed by atoms with Gasteiger partial charge in [0.05, 0.1) is 0 Å². The number of aromatic amines is 1. The molecular weight excluding hydrogens is 328 g/mol. The van der Waals surface area contributed by atoms with Crippen LogP contribution in [0.15, 0.2) is 77.6 Å². The van der Waals surface area contributed by atoms with E-state index in [0.717, 1.165) is 11.1 Å². The third-order valence-electron chi connectivity index (χ3n) is 4.45. The number of hydrogen-bond donors (Lipinski definition) is 2. The van der Waals surface area contributed by atoms with Gasteiger partial charge in [0.25, 0.3) is 5.91 Å². The normalized spacial score (nSPS) is 12.2. The highest BCUT2D eigenvalue weighted by atomic mass is 32.1. The van der Waals surface area contributed by atoms with Crippen molar-refractivity contribution in [2.45, 2.75) is 5.92 Å². The first-order valence-corrected chi connectivity index (χ1v) is 9.18. The maximum absolute atomic E-state index is 12.4. The van der Waals surface area contributed by atoms with Gasteiger partial charge in [0.15, 0.2) is 0 Å². The minimum Gasteiger partial charge on any atom is -0.361 e. The van der Waals surface area contributed by atoms with Gasteiger partial charge in [-0.1, -0.05) is 48.5 Å². The van der Waals surface area contributed by atoms with Gasteiger partial charge in [-0.15, -0.1) is 0 Å². The van der Waals surface area contributed by atoms with Crippen molar-refractivity contribution in [1.29, 1.82) is 0 Å². The summed E-state index contributed by atoms with van der Waals surface area (Å²) in [7, 11) is 0. The second-order valence-electron chi connectivity index (χ2n) is 5.97. The Morgan fingerprint density at radius 3 is 2.64 bits per heavy atom. The molecule has 2 heterocycles. The first kappa shape index (κ1) is 15.7. The first-order chi connectivity index (χ1) is 12.3. The highest BCUT2D eigenvalue weighted by molar-refractivity contribution is 7.08. The van der Waals surface area contributed by atoms with Gasteiger partial charge in [-0.25, -0.2) is 0 Å². The fraction of sp³-hybridized carbons (Fsp3) is 0.0952. The molecule has 4 aromatic rings. The lowest BCUT2D eigenvalue weighted by molar-refractivity contribution is 0.0953. The molecule has 4 rings (SSSR count). The molecule has 0 saturated heterocycles. The number of rotatable bonds is 5. The van der Waals surface area contributed by atoms with E-state index in [2.05, 4.69) is 40.8 Å². The van der Waals surface area contributed by atoms with Gasteiger partial charge in [0, 0.05) is 40.5 Å².